The second-order valence-electron chi connectivity index (χ2n) is 8.57. The standard InChI is InChI=1S/C24H22F2N6O2/c1-14-4-6-15(7-5-14)12-32-22-20(29-30-32)23(33)28-21(27-22)16-3-2-10-31(13-16)24(34)18-9-8-17(25)11-19(18)26/h4-9,11,16H,2-3,10,12-13H2,1H3,(H,27,28,33)/t16-/m1/s1. The van der Waals surface area contributed by atoms with Crippen molar-refractivity contribution in [3.05, 3.63) is 87.0 Å². The lowest BCUT2D eigenvalue weighted by Crippen LogP contribution is -2.40. The fourth-order valence-corrected chi connectivity index (χ4v) is 4.27. The highest BCUT2D eigenvalue weighted by Gasteiger charge is 2.29. The second-order valence-corrected chi connectivity index (χ2v) is 8.57. The molecular formula is C24H22F2N6O2. The molecule has 1 N–H and O–H groups in total. The van der Waals surface area contributed by atoms with E-state index in [1.54, 1.807) is 4.68 Å². The number of hydrogen-bond donors (Lipinski definition) is 1. The summed E-state index contributed by atoms with van der Waals surface area (Å²) in [6, 6.07) is 10.9. The number of hydrogen-bond acceptors (Lipinski definition) is 5. The normalized spacial score (nSPS) is 16.2. The van der Waals surface area contributed by atoms with Crippen LogP contribution in [-0.4, -0.2) is 48.9 Å². The van der Waals surface area contributed by atoms with Crippen LogP contribution >= 0.6 is 0 Å². The number of fused-ring (bicyclic) bond motifs is 1. The van der Waals surface area contributed by atoms with E-state index >= 15 is 0 Å². The maximum absolute atomic E-state index is 14.1. The summed E-state index contributed by atoms with van der Waals surface area (Å²) in [5.41, 5.74) is 2.07. The molecule has 0 saturated carbocycles. The molecule has 5 rings (SSSR count). The predicted octanol–water partition coefficient (Wildman–Crippen LogP) is 3.17. The monoisotopic (exact) mass is 464 g/mol. The molecule has 2 aromatic carbocycles. The predicted molar refractivity (Wildman–Crippen MR) is 120 cm³/mol. The van der Waals surface area contributed by atoms with Crippen LogP contribution in [-0.2, 0) is 6.54 Å². The van der Waals surface area contributed by atoms with Gasteiger partial charge in [0.2, 0.25) is 0 Å². The highest BCUT2D eigenvalue weighted by Crippen LogP contribution is 2.26. The lowest BCUT2D eigenvalue weighted by molar-refractivity contribution is 0.0699. The van der Waals surface area contributed by atoms with Crippen LogP contribution in [0.4, 0.5) is 8.78 Å². The van der Waals surface area contributed by atoms with Crippen molar-refractivity contribution >= 4 is 17.1 Å². The van der Waals surface area contributed by atoms with Gasteiger partial charge in [0, 0.05) is 25.1 Å². The Morgan fingerprint density at radius 1 is 1.18 bits per heavy atom. The van der Waals surface area contributed by atoms with E-state index in [-0.39, 0.29) is 23.5 Å². The molecule has 1 fully saturated rings. The fraction of sp³-hybridized carbons (Fsp3) is 0.292. The van der Waals surface area contributed by atoms with Crippen LogP contribution in [0.25, 0.3) is 11.2 Å². The van der Waals surface area contributed by atoms with Crippen LogP contribution in [0.15, 0.2) is 47.3 Å². The number of likely N-dealkylation sites (tertiary alicyclic amines) is 1. The third-order valence-electron chi connectivity index (χ3n) is 6.10. The summed E-state index contributed by atoms with van der Waals surface area (Å²) < 4.78 is 29.0. The number of carbonyl (C=O) groups excluding carboxylic acids is 1. The zero-order valence-electron chi connectivity index (χ0n) is 18.5. The molecule has 1 atom stereocenters. The van der Waals surface area contributed by atoms with Gasteiger partial charge in [-0.25, -0.2) is 18.4 Å². The summed E-state index contributed by atoms with van der Waals surface area (Å²) in [6.07, 6.45) is 1.35. The molecule has 1 amide bonds. The number of carbonyl (C=O) groups is 1. The SMILES string of the molecule is Cc1ccc(Cn2nnc3c(=O)[nH]c([C@@H]4CCCN(C(=O)c5ccc(F)cc5F)C4)nc32)cc1. The lowest BCUT2D eigenvalue weighted by Gasteiger charge is -2.32. The second kappa shape index (κ2) is 8.77. The zero-order chi connectivity index (χ0) is 23.8. The first-order valence-electron chi connectivity index (χ1n) is 11.0. The van der Waals surface area contributed by atoms with Crippen molar-refractivity contribution < 1.29 is 13.6 Å². The van der Waals surface area contributed by atoms with Gasteiger partial charge in [-0.05, 0) is 37.5 Å². The summed E-state index contributed by atoms with van der Waals surface area (Å²) in [5.74, 6) is -1.97. The molecule has 1 aliphatic rings. The number of rotatable bonds is 4. The van der Waals surface area contributed by atoms with Crippen molar-refractivity contribution in [1.82, 2.24) is 29.9 Å². The highest BCUT2D eigenvalue weighted by molar-refractivity contribution is 5.94. The first kappa shape index (κ1) is 21.9. The molecule has 1 aliphatic heterocycles. The maximum atomic E-state index is 14.1. The Morgan fingerprint density at radius 3 is 2.74 bits per heavy atom. The molecule has 10 heteroatoms. The molecule has 174 valence electrons. The summed E-state index contributed by atoms with van der Waals surface area (Å²) >= 11 is 0. The molecule has 0 unspecified atom stereocenters. The van der Waals surface area contributed by atoms with E-state index in [9.17, 15) is 18.4 Å². The number of piperidine rings is 1. The Kier molecular flexibility index (Phi) is 5.64. The Morgan fingerprint density at radius 2 is 1.97 bits per heavy atom. The van der Waals surface area contributed by atoms with E-state index in [2.05, 4.69) is 20.3 Å². The van der Waals surface area contributed by atoms with E-state index in [0.29, 0.717) is 43.5 Å². The van der Waals surface area contributed by atoms with E-state index in [4.69, 9.17) is 0 Å². The van der Waals surface area contributed by atoms with Gasteiger partial charge in [-0.3, -0.25) is 9.59 Å². The lowest BCUT2D eigenvalue weighted by atomic mass is 9.96. The largest absolute Gasteiger partial charge is 0.338 e. The van der Waals surface area contributed by atoms with Gasteiger partial charge in [0.25, 0.3) is 11.5 Å². The molecule has 3 heterocycles. The highest BCUT2D eigenvalue weighted by atomic mass is 19.1. The van der Waals surface area contributed by atoms with Crippen LogP contribution in [0.2, 0.25) is 0 Å². The van der Waals surface area contributed by atoms with Crippen LogP contribution < -0.4 is 5.56 Å². The number of aryl methyl sites for hydroxylation is 1. The summed E-state index contributed by atoms with van der Waals surface area (Å²) in [6.45, 7) is 3.10. The summed E-state index contributed by atoms with van der Waals surface area (Å²) in [7, 11) is 0. The van der Waals surface area contributed by atoms with E-state index < -0.39 is 23.1 Å². The van der Waals surface area contributed by atoms with Crippen molar-refractivity contribution in [2.75, 3.05) is 13.1 Å². The molecule has 8 nitrogen and oxygen atoms in total. The molecule has 0 spiro atoms. The Bertz CT molecular complexity index is 1430. The molecule has 1 saturated heterocycles. The summed E-state index contributed by atoms with van der Waals surface area (Å²) in [4.78, 5) is 34.5. The number of H-pyrrole nitrogens is 1. The Hall–Kier alpha value is -3.95. The molecular weight excluding hydrogens is 442 g/mol. The van der Waals surface area contributed by atoms with Crippen molar-refractivity contribution in [1.29, 1.82) is 0 Å². The van der Waals surface area contributed by atoms with Crippen LogP contribution in [0.1, 0.15) is 46.1 Å². The number of amides is 1. The van der Waals surface area contributed by atoms with E-state index in [1.165, 1.54) is 4.90 Å². The minimum atomic E-state index is -0.897. The van der Waals surface area contributed by atoms with Crippen molar-refractivity contribution in [3.63, 3.8) is 0 Å². The Balaban J connectivity index is 1.42. The number of nitrogens with zero attached hydrogens (tertiary/aromatic N) is 5. The quantitative estimate of drug-likeness (QED) is 0.501. The molecule has 0 aliphatic carbocycles. The third-order valence-corrected chi connectivity index (χ3v) is 6.10. The minimum absolute atomic E-state index is 0.146. The van der Waals surface area contributed by atoms with Gasteiger partial charge >= 0.3 is 0 Å². The van der Waals surface area contributed by atoms with E-state index in [1.807, 2.05) is 31.2 Å². The van der Waals surface area contributed by atoms with Crippen LogP contribution in [0, 0.1) is 18.6 Å². The van der Waals surface area contributed by atoms with Gasteiger partial charge < -0.3 is 9.88 Å². The number of halogens is 2. The molecule has 0 bridgehead atoms. The van der Waals surface area contributed by atoms with Crippen LogP contribution in [0.5, 0.6) is 0 Å². The number of aromatic nitrogens is 5. The van der Waals surface area contributed by atoms with Gasteiger partial charge in [0.15, 0.2) is 11.2 Å². The van der Waals surface area contributed by atoms with E-state index in [0.717, 1.165) is 23.3 Å². The zero-order valence-corrected chi connectivity index (χ0v) is 18.5. The first-order valence-corrected chi connectivity index (χ1v) is 11.0. The van der Waals surface area contributed by atoms with Gasteiger partial charge in [-0.1, -0.05) is 35.0 Å². The van der Waals surface area contributed by atoms with Gasteiger partial charge in [-0.2, -0.15) is 0 Å². The third kappa shape index (κ3) is 4.18. The van der Waals surface area contributed by atoms with Gasteiger partial charge in [-0.15, -0.1) is 5.10 Å². The number of nitrogens with one attached hydrogen (secondary N) is 1. The first-order chi connectivity index (χ1) is 16.4. The number of benzene rings is 2. The topological polar surface area (TPSA) is 96.8 Å². The smallest absolute Gasteiger partial charge is 0.281 e. The van der Waals surface area contributed by atoms with Gasteiger partial charge in [0.1, 0.15) is 17.5 Å². The molecule has 0 radical (unpaired) electrons. The minimum Gasteiger partial charge on any atom is -0.338 e. The van der Waals surface area contributed by atoms with Crippen LogP contribution in [0.3, 0.4) is 0 Å². The molecule has 34 heavy (non-hydrogen) atoms. The number of aromatic amines is 1. The molecule has 2 aromatic heterocycles. The van der Waals surface area contributed by atoms with Gasteiger partial charge in [0.05, 0.1) is 12.1 Å². The van der Waals surface area contributed by atoms with Crippen molar-refractivity contribution in [2.45, 2.75) is 32.2 Å². The Labute approximate surface area is 193 Å². The maximum Gasteiger partial charge on any atom is 0.281 e. The summed E-state index contributed by atoms with van der Waals surface area (Å²) in [5, 5.41) is 8.09. The fourth-order valence-electron chi connectivity index (χ4n) is 4.27. The van der Waals surface area contributed by atoms with Crippen molar-refractivity contribution in [3.8, 4) is 0 Å². The van der Waals surface area contributed by atoms with Crippen molar-refractivity contribution in [2.24, 2.45) is 0 Å². The molecule has 4 aromatic rings. The average molecular weight is 464 g/mol. The average Bonchev–Trinajstić information content (AvgIpc) is 3.23.